The minimum absolute atomic E-state index is 0.0144. The maximum absolute atomic E-state index is 13.0. The molecule has 583 valence electrons. The van der Waals surface area contributed by atoms with E-state index in [2.05, 4.69) is 26.6 Å². The van der Waals surface area contributed by atoms with Gasteiger partial charge in [0.1, 0.15) is 60.1 Å². The van der Waals surface area contributed by atoms with Crippen molar-refractivity contribution in [3.63, 3.8) is 0 Å². The second-order valence-corrected chi connectivity index (χ2v) is 22.9. The molecule has 0 aliphatic rings. The maximum atomic E-state index is 13.0. The number of carboxylic acids is 2. The van der Waals surface area contributed by atoms with Crippen LogP contribution in [0.15, 0.2) is 24.3 Å². The molecule has 1 radical (unpaired) electrons. The Morgan fingerprint density at radius 2 is 0.663 bits per heavy atom. The molecule has 0 spiro atoms. The lowest BCUT2D eigenvalue weighted by molar-refractivity contribution is -0.142. The number of amides is 14. The summed E-state index contributed by atoms with van der Waals surface area (Å²) in [6.07, 6.45) is 8.47. The number of nitrogens with two attached hydrogens (primary N) is 1. The average Bonchev–Trinajstić information content (AvgIpc) is 0.925. The smallest absolute Gasteiger partial charge is 0.335 e. The Labute approximate surface area is 594 Å². The first-order valence-corrected chi connectivity index (χ1v) is 32.8. The number of aliphatic carboxylic acids is 1. The van der Waals surface area contributed by atoms with E-state index in [1.807, 2.05) is 47.9 Å². The molecule has 43 heteroatoms. The number of aromatic carboxylic acids is 1. The summed E-state index contributed by atoms with van der Waals surface area (Å²) in [4.78, 5) is 211. The van der Waals surface area contributed by atoms with Crippen LogP contribution in [-0.4, -0.2) is 305 Å². The Morgan fingerprint density at radius 1 is 0.346 bits per heavy atom. The molecule has 1 aromatic rings. The molecule has 10 atom stereocenters. The summed E-state index contributed by atoms with van der Waals surface area (Å²) < 4.78 is 5.63. The zero-order chi connectivity index (χ0) is 78.1. The molecule has 0 unspecified atom stereocenters. The molecule has 0 bridgehead atoms. The summed E-state index contributed by atoms with van der Waals surface area (Å²) in [6.45, 7) is -11.8. The summed E-state index contributed by atoms with van der Waals surface area (Å²) >= 11 is 0. The summed E-state index contributed by atoms with van der Waals surface area (Å²) in [7, 11) is 0. The van der Waals surface area contributed by atoms with Gasteiger partial charge in [0.15, 0.2) is 0 Å². The molecule has 104 heavy (non-hydrogen) atoms. The van der Waals surface area contributed by atoms with E-state index in [1.54, 1.807) is 18.4 Å². The van der Waals surface area contributed by atoms with Gasteiger partial charge in [-0.3, -0.25) is 71.9 Å². The van der Waals surface area contributed by atoms with Crippen molar-refractivity contribution < 1.29 is 137 Å². The molecule has 0 aliphatic carbocycles. The van der Waals surface area contributed by atoms with Crippen molar-refractivity contribution >= 4 is 101 Å². The summed E-state index contributed by atoms with van der Waals surface area (Å²) in [5.41, 5.74) is 5.60. The first-order chi connectivity index (χ1) is 49.5. The van der Waals surface area contributed by atoms with Crippen molar-refractivity contribution in [2.45, 2.75) is 150 Å². The fourth-order valence-corrected chi connectivity index (χ4v) is 8.78. The van der Waals surface area contributed by atoms with Gasteiger partial charge in [-0.2, -0.15) is 0 Å². The third-order valence-corrected chi connectivity index (χ3v) is 14.7. The Hall–Kier alpha value is -10.2. The van der Waals surface area contributed by atoms with Crippen LogP contribution in [0.4, 0.5) is 0 Å². The highest BCUT2D eigenvalue weighted by Crippen LogP contribution is 2.15. The third-order valence-electron chi connectivity index (χ3n) is 14.7. The van der Waals surface area contributed by atoms with Gasteiger partial charge in [-0.05, 0) is 62.8 Å². The minimum Gasteiger partial charge on any atom is -0.494 e. The van der Waals surface area contributed by atoms with Crippen LogP contribution in [0.3, 0.4) is 0 Å². The molecule has 26 N–H and O–H groups in total. The molecular formula is C61H96N15O28. The zero-order valence-corrected chi connectivity index (χ0v) is 56.8. The lowest BCUT2D eigenvalue weighted by Gasteiger charge is -2.22. The zero-order valence-electron chi connectivity index (χ0n) is 56.8. The van der Waals surface area contributed by atoms with Crippen molar-refractivity contribution in [3.8, 4) is 5.75 Å². The summed E-state index contributed by atoms with van der Waals surface area (Å²) in [5.74, 6) is -17.5. The Bertz CT molecular complexity index is 2990. The minimum atomic E-state index is -1.90. The number of rotatable bonds is 56. The van der Waals surface area contributed by atoms with Crippen molar-refractivity contribution in [2.24, 2.45) is 5.73 Å². The Morgan fingerprint density at radius 3 is 1.01 bits per heavy atom. The SMILES string of the molecule is N[C@H]([C]=O)CCCCNC(=O)CNC(=O)[C@H](CO)NC(=O)[C@H](CO)NC(=O)CNC(=O)[C@H](CO)NC(=O)[C@H](CO)NC(=O)CNC(=O)[C@H](CO)NC(=O)[C@H](CO)NC(=O)CNC(=O)[C@H](CO)NC(=O)[C@H](CO)NC(=O)CC[C@H](NC(=O)CCCCCCCCCCOc1ccc(C(=O)O)cc1)C(=O)O. The highest BCUT2D eigenvalue weighted by atomic mass is 16.5. The molecule has 14 amide bonds. The maximum Gasteiger partial charge on any atom is 0.335 e. The van der Waals surface area contributed by atoms with E-state index in [-0.39, 0.29) is 18.5 Å². The van der Waals surface area contributed by atoms with Gasteiger partial charge < -0.3 is 136 Å². The van der Waals surface area contributed by atoms with Crippen LogP contribution in [0.5, 0.6) is 5.75 Å². The number of nitrogens with one attached hydrogen (secondary N) is 14. The molecule has 0 heterocycles. The van der Waals surface area contributed by atoms with Crippen LogP contribution in [0.2, 0.25) is 0 Å². The van der Waals surface area contributed by atoms with Crippen LogP contribution in [-0.2, 0) is 76.7 Å². The Balaban J connectivity index is 2.57. The number of benzene rings is 1. The third kappa shape index (κ3) is 38.2. The number of carbonyl (C=O) groups excluding carboxylic acids is 15. The lowest BCUT2D eigenvalue weighted by atomic mass is 10.1. The van der Waals surface area contributed by atoms with E-state index in [1.165, 1.54) is 12.1 Å². The van der Waals surface area contributed by atoms with Gasteiger partial charge in [-0.15, -0.1) is 0 Å². The van der Waals surface area contributed by atoms with E-state index < -0.39 is 247 Å². The molecule has 0 fully saturated rings. The number of ether oxygens (including phenoxy) is 1. The quantitative estimate of drug-likeness (QED) is 0.0269. The number of carbonyl (C=O) groups is 16. The van der Waals surface area contributed by atoms with Gasteiger partial charge in [0, 0.05) is 19.4 Å². The number of carboxylic acid groups (broad SMARTS) is 2. The number of hydrogen-bond acceptors (Lipinski definition) is 27. The van der Waals surface area contributed by atoms with E-state index in [9.17, 15) is 127 Å². The first-order valence-electron chi connectivity index (χ1n) is 32.8. The molecule has 0 saturated carbocycles. The van der Waals surface area contributed by atoms with Crippen molar-refractivity contribution in [3.05, 3.63) is 29.8 Å². The second kappa shape index (κ2) is 52.8. The van der Waals surface area contributed by atoms with E-state index in [4.69, 9.17) is 15.6 Å². The first kappa shape index (κ1) is 91.9. The average molecular weight is 1490 g/mol. The van der Waals surface area contributed by atoms with Crippen molar-refractivity contribution in [2.75, 3.05) is 92.2 Å². The van der Waals surface area contributed by atoms with Gasteiger partial charge in [-0.25, -0.2) is 9.59 Å². The predicted octanol–water partition coefficient (Wildman–Crippen LogP) is -12.4. The molecule has 0 aromatic heterocycles. The highest BCUT2D eigenvalue weighted by molar-refractivity contribution is 5.98. The van der Waals surface area contributed by atoms with Crippen LogP contribution >= 0.6 is 0 Å². The van der Waals surface area contributed by atoms with Crippen molar-refractivity contribution in [1.82, 2.24) is 74.4 Å². The summed E-state index contributed by atoms with van der Waals surface area (Å²) in [6, 6.07) is -10.8. The van der Waals surface area contributed by atoms with E-state index >= 15 is 0 Å². The largest absolute Gasteiger partial charge is 0.494 e. The van der Waals surface area contributed by atoms with Crippen LogP contribution in [0.1, 0.15) is 100 Å². The highest BCUT2D eigenvalue weighted by Gasteiger charge is 2.33. The number of unbranched alkanes of at least 4 members (excludes halogenated alkanes) is 8. The Kier molecular flexibility index (Phi) is 46.6. The molecular weight excluding hydrogens is 1390 g/mol. The molecule has 0 aliphatic heterocycles. The van der Waals surface area contributed by atoms with Crippen LogP contribution < -0.4 is 84.9 Å². The van der Waals surface area contributed by atoms with E-state index in [0.29, 0.717) is 44.5 Å². The van der Waals surface area contributed by atoms with Crippen molar-refractivity contribution in [1.29, 1.82) is 0 Å². The fraction of sp³-hybridized carbons (Fsp3) is 0.623. The van der Waals surface area contributed by atoms with Gasteiger partial charge in [-0.1, -0.05) is 38.5 Å². The molecule has 1 rings (SSSR count). The lowest BCUT2D eigenvalue weighted by Crippen LogP contribution is -2.59. The number of hydrogen-bond donors (Lipinski definition) is 25. The molecule has 43 nitrogen and oxygen atoms in total. The monoisotopic (exact) mass is 1490 g/mol. The fourth-order valence-electron chi connectivity index (χ4n) is 8.78. The van der Waals surface area contributed by atoms with Gasteiger partial charge >= 0.3 is 11.9 Å². The molecule has 1 aromatic carbocycles. The van der Waals surface area contributed by atoms with Gasteiger partial charge in [0.25, 0.3) is 0 Å². The van der Waals surface area contributed by atoms with Gasteiger partial charge in [0.2, 0.25) is 89.0 Å². The summed E-state index contributed by atoms with van der Waals surface area (Å²) in [5, 5.41) is 126. The second-order valence-electron chi connectivity index (χ2n) is 22.9. The van der Waals surface area contributed by atoms with Gasteiger partial charge in [0.05, 0.1) is 97.2 Å². The predicted molar refractivity (Wildman–Crippen MR) is 354 cm³/mol. The number of aliphatic hydroxyl groups is 8. The van der Waals surface area contributed by atoms with Crippen LogP contribution in [0, 0.1) is 0 Å². The topological polar surface area (TPSA) is 696 Å². The standard InChI is InChI=1S/C61H96N15O28/c62-35(25-77)11-8-9-19-63-48(88)21-64-52(92)38(26-78)74-57(97)43(31-83)70-50(90)23-66-54(94)40(28-80)76-59(99)45(33-85)72-51(91)24-67-55(95)41(29-81)75-58(98)44(32-84)71-49(89)22-65-53(93)39(27-79)73-56(96)42(30-82)69-47(87)18-17-37(61(102)103)68-46(86)12-7-5-3-1-2-4-6-10-20-104-36-15-13-34(14-16-36)60(100)101/h13-16,35,37-45,78-85H,1-12,17-24,26-33,62H2,(H,63,88)(H,64,92)(H,65,93)(H,66,94)(H,67,95)(H,68,86)(H,69,87)(H,70,90)(H,71,89)(H,72,91)(H,73,96)(H,74,97)(H,75,98)(H,76,99)(H,100,101)(H,102,103)/t35-,37-,38-,39-,40-,41-,42-,43-,44-,45-/m0/s1. The van der Waals surface area contributed by atoms with E-state index in [0.717, 1.165) is 38.5 Å². The number of aliphatic hydroxyl groups excluding tert-OH is 8. The van der Waals surface area contributed by atoms with Crippen LogP contribution in [0.25, 0.3) is 0 Å². The normalized spacial score (nSPS) is 13.7. The molecule has 0 saturated heterocycles.